The Morgan fingerprint density at radius 1 is 1.06 bits per heavy atom. The van der Waals surface area contributed by atoms with Crippen molar-refractivity contribution in [2.75, 3.05) is 18.9 Å². The first-order chi connectivity index (χ1) is 14.5. The number of oxazole rings is 1. The van der Waals surface area contributed by atoms with E-state index in [0.717, 1.165) is 16.8 Å². The van der Waals surface area contributed by atoms with Crippen LogP contribution in [0.25, 0.3) is 11.5 Å². The number of aryl methyl sites for hydroxylation is 2. The zero-order chi connectivity index (χ0) is 21.3. The van der Waals surface area contributed by atoms with E-state index in [-0.39, 0.29) is 36.3 Å². The summed E-state index contributed by atoms with van der Waals surface area (Å²) >= 11 is 0. The van der Waals surface area contributed by atoms with Gasteiger partial charge in [-0.05, 0) is 37.6 Å². The van der Waals surface area contributed by atoms with Crippen LogP contribution in [0, 0.1) is 13.8 Å². The van der Waals surface area contributed by atoms with E-state index in [1.807, 2.05) is 44.2 Å². The quantitative estimate of drug-likeness (QED) is 0.243. The molecule has 3 rings (SSSR count). The molecule has 164 valence electrons. The van der Waals surface area contributed by atoms with E-state index in [0.29, 0.717) is 30.8 Å². The van der Waals surface area contributed by atoms with Crippen molar-refractivity contribution in [1.82, 2.24) is 20.6 Å². The van der Waals surface area contributed by atoms with Crippen molar-refractivity contribution in [2.24, 2.45) is 4.99 Å². The van der Waals surface area contributed by atoms with Crippen LogP contribution in [-0.2, 0) is 11.3 Å². The Labute approximate surface area is 199 Å². The number of aromatic nitrogens is 2. The van der Waals surface area contributed by atoms with Gasteiger partial charge in [0.1, 0.15) is 12.1 Å². The second-order valence-corrected chi connectivity index (χ2v) is 6.88. The second kappa shape index (κ2) is 12.0. The van der Waals surface area contributed by atoms with Gasteiger partial charge in [0.25, 0.3) is 0 Å². The fourth-order valence-corrected chi connectivity index (χ4v) is 2.65. The van der Waals surface area contributed by atoms with Gasteiger partial charge in [0.05, 0.1) is 12.2 Å². The normalized spacial score (nSPS) is 10.9. The minimum absolute atomic E-state index is 0. The molecule has 31 heavy (non-hydrogen) atoms. The summed E-state index contributed by atoms with van der Waals surface area (Å²) < 4.78 is 5.56. The largest absolute Gasteiger partial charge is 0.444 e. The molecule has 0 aliphatic carbocycles. The molecule has 0 fully saturated rings. The van der Waals surface area contributed by atoms with Crippen LogP contribution in [0.15, 0.2) is 58.3 Å². The van der Waals surface area contributed by atoms with Crippen molar-refractivity contribution in [3.05, 3.63) is 65.7 Å². The summed E-state index contributed by atoms with van der Waals surface area (Å²) in [5.74, 6) is 1.59. The number of nitrogens with zero attached hydrogens (tertiary/aromatic N) is 3. The van der Waals surface area contributed by atoms with Crippen molar-refractivity contribution in [3.63, 3.8) is 0 Å². The van der Waals surface area contributed by atoms with Crippen molar-refractivity contribution in [3.8, 4) is 11.5 Å². The summed E-state index contributed by atoms with van der Waals surface area (Å²) in [5.41, 5.74) is 3.92. The van der Waals surface area contributed by atoms with Crippen molar-refractivity contribution in [2.45, 2.75) is 26.8 Å². The number of anilines is 1. The molecule has 0 saturated heterocycles. The maximum Gasteiger partial charge on any atom is 0.227 e. The fourth-order valence-electron chi connectivity index (χ4n) is 2.65. The van der Waals surface area contributed by atoms with Crippen molar-refractivity contribution < 1.29 is 9.21 Å². The average Bonchev–Trinajstić information content (AvgIpc) is 3.22. The number of hydrogen-bond acceptors (Lipinski definition) is 5. The summed E-state index contributed by atoms with van der Waals surface area (Å²) in [6, 6.07) is 11.7. The van der Waals surface area contributed by atoms with Crippen molar-refractivity contribution in [1.29, 1.82) is 0 Å². The van der Waals surface area contributed by atoms with Gasteiger partial charge in [0.2, 0.25) is 11.8 Å². The Kier molecular flexibility index (Phi) is 9.44. The minimum Gasteiger partial charge on any atom is -0.444 e. The summed E-state index contributed by atoms with van der Waals surface area (Å²) in [6.45, 7) is 4.87. The molecule has 3 aromatic rings. The number of amides is 1. The molecule has 9 heteroatoms. The Bertz CT molecular complexity index is 1000. The molecule has 2 heterocycles. The van der Waals surface area contributed by atoms with Gasteiger partial charge < -0.3 is 20.4 Å². The van der Waals surface area contributed by atoms with E-state index < -0.39 is 0 Å². The number of aliphatic imine (C=N–C) groups is 1. The van der Waals surface area contributed by atoms with Crippen LogP contribution in [0.1, 0.15) is 23.2 Å². The van der Waals surface area contributed by atoms with Gasteiger partial charge in [-0.2, -0.15) is 0 Å². The second-order valence-electron chi connectivity index (χ2n) is 6.88. The Balaban J connectivity index is 0.00000341. The van der Waals surface area contributed by atoms with Crippen LogP contribution in [0.5, 0.6) is 0 Å². The summed E-state index contributed by atoms with van der Waals surface area (Å²) in [7, 11) is 1.67. The van der Waals surface area contributed by atoms with Crippen LogP contribution in [0.2, 0.25) is 0 Å². The van der Waals surface area contributed by atoms with Gasteiger partial charge in [0, 0.05) is 31.8 Å². The number of nitrogens with one attached hydrogen (secondary N) is 3. The van der Waals surface area contributed by atoms with E-state index in [2.05, 4.69) is 30.9 Å². The molecule has 2 aromatic heterocycles. The number of carbonyl (C=O) groups excluding carboxylic acids is 1. The topological polar surface area (TPSA) is 104 Å². The maximum atomic E-state index is 12.0. The molecule has 0 unspecified atom stereocenters. The molecule has 0 spiro atoms. The highest BCUT2D eigenvalue weighted by Gasteiger charge is 2.08. The first-order valence-corrected chi connectivity index (χ1v) is 9.72. The van der Waals surface area contributed by atoms with Crippen LogP contribution in [0.3, 0.4) is 0 Å². The van der Waals surface area contributed by atoms with Gasteiger partial charge in [-0.3, -0.25) is 9.79 Å². The molecule has 1 amide bonds. The molecule has 8 nitrogen and oxygen atoms in total. The summed E-state index contributed by atoms with van der Waals surface area (Å²) in [4.78, 5) is 24.9. The van der Waals surface area contributed by atoms with Gasteiger partial charge in [0.15, 0.2) is 5.96 Å². The van der Waals surface area contributed by atoms with E-state index in [1.165, 1.54) is 5.56 Å². The molecule has 0 saturated carbocycles. The lowest BCUT2D eigenvalue weighted by Crippen LogP contribution is -2.38. The predicted molar refractivity (Wildman–Crippen MR) is 133 cm³/mol. The van der Waals surface area contributed by atoms with Gasteiger partial charge in [-0.15, -0.1) is 24.0 Å². The van der Waals surface area contributed by atoms with Crippen LogP contribution >= 0.6 is 24.0 Å². The Morgan fingerprint density at radius 2 is 1.81 bits per heavy atom. The molecular weight excluding hydrogens is 507 g/mol. The standard InChI is InChI=1S/C22H26N6O2.HI/c1-15-4-7-17(8-5-15)21-27-18(14-30-21)13-26-22(23-3)24-11-10-20(29)28-19-9-6-16(2)12-25-19;/h4-9,12,14H,10-11,13H2,1-3H3,(H2,23,24,26)(H,25,28,29);1H. The first-order valence-electron chi connectivity index (χ1n) is 9.72. The van der Waals surface area contributed by atoms with E-state index in [4.69, 9.17) is 4.42 Å². The summed E-state index contributed by atoms with van der Waals surface area (Å²) in [5, 5.41) is 9.04. The van der Waals surface area contributed by atoms with E-state index in [9.17, 15) is 4.79 Å². The molecular formula is C22H27IN6O2. The van der Waals surface area contributed by atoms with Gasteiger partial charge in [-0.1, -0.05) is 23.8 Å². The first kappa shape index (κ1) is 24.3. The lowest BCUT2D eigenvalue weighted by molar-refractivity contribution is -0.116. The Morgan fingerprint density at radius 3 is 2.48 bits per heavy atom. The number of halogens is 1. The van der Waals surface area contributed by atoms with Crippen LogP contribution < -0.4 is 16.0 Å². The smallest absolute Gasteiger partial charge is 0.227 e. The third-order valence-corrected chi connectivity index (χ3v) is 4.33. The minimum atomic E-state index is -0.117. The van der Waals surface area contributed by atoms with Gasteiger partial charge in [-0.25, -0.2) is 9.97 Å². The number of rotatable bonds is 7. The van der Waals surface area contributed by atoms with E-state index >= 15 is 0 Å². The average molecular weight is 534 g/mol. The molecule has 0 bridgehead atoms. The number of benzene rings is 1. The molecule has 0 aliphatic rings. The third-order valence-electron chi connectivity index (χ3n) is 4.33. The Hall–Kier alpha value is -2.95. The number of hydrogen-bond donors (Lipinski definition) is 3. The maximum absolute atomic E-state index is 12.0. The molecule has 0 radical (unpaired) electrons. The molecule has 3 N–H and O–H groups in total. The predicted octanol–water partition coefficient (Wildman–Crippen LogP) is 3.67. The SMILES string of the molecule is CN=C(NCCC(=O)Nc1ccc(C)cn1)NCc1coc(-c2ccc(C)cc2)n1.I. The molecule has 1 aromatic carbocycles. The number of pyridine rings is 1. The molecule has 0 aliphatic heterocycles. The van der Waals surface area contributed by atoms with Crippen LogP contribution in [0.4, 0.5) is 5.82 Å². The van der Waals surface area contributed by atoms with Crippen LogP contribution in [-0.4, -0.2) is 35.4 Å². The van der Waals surface area contributed by atoms with E-state index in [1.54, 1.807) is 25.6 Å². The lowest BCUT2D eigenvalue weighted by Gasteiger charge is -2.10. The third kappa shape index (κ3) is 7.67. The zero-order valence-corrected chi connectivity index (χ0v) is 20.1. The fraction of sp³-hybridized carbons (Fsp3) is 0.273. The zero-order valence-electron chi connectivity index (χ0n) is 17.8. The highest BCUT2D eigenvalue weighted by molar-refractivity contribution is 14.0. The molecule has 0 atom stereocenters. The summed E-state index contributed by atoms with van der Waals surface area (Å²) in [6.07, 6.45) is 3.63. The number of guanidine groups is 1. The highest BCUT2D eigenvalue weighted by atomic mass is 127. The van der Waals surface area contributed by atoms with Crippen molar-refractivity contribution >= 4 is 41.7 Å². The monoisotopic (exact) mass is 534 g/mol. The number of carbonyl (C=O) groups is 1. The van der Waals surface area contributed by atoms with Gasteiger partial charge >= 0.3 is 0 Å². The lowest BCUT2D eigenvalue weighted by atomic mass is 10.1. The highest BCUT2D eigenvalue weighted by Crippen LogP contribution is 2.18.